The first-order valence-electron chi connectivity index (χ1n) is 7.78. The molecule has 1 aromatic carbocycles. The number of carbonyl (C=O) groups is 1. The van der Waals surface area contributed by atoms with Gasteiger partial charge in [0.1, 0.15) is 0 Å². The Morgan fingerprint density at radius 3 is 2.72 bits per heavy atom. The average Bonchev–Trinajstić information content (AvgIpc) is 3.04. The number of rotatable bonds is 8. The molecule has 8 heteroatoms. The number of carbonyl (C=O) groups excluding carboxylic acids is 1. The molecule has 1 unspecified atom stereocenters. The molecule has 25 heavy (non-hydrogen) atoms. The molecule has 0 aliphatic heterocycles. The van der Waals surface area contributed by atoms with Crippen molar-refractivity contribution in [2.45, 2.75) is 36.5 Å². The zero-order valence-electron chi connectivity index (χ0n) is 14.4. The first-order chi connectivity index (χ1) is 12.0. The van der Waals surface area contributed by atoms with Gasteiger partial charge in [-0.25, -0.2) is 0 Å². The minimum Gasteiger partial charge on any atom is -0.415 e. The van der Waals surface area contributed by atoms with Crippen LogP contribution in [0.15, 0.2) is 33.9 Å². The summed E-state index contributed by atoms with van der Waals surface area (Å²) < 4.78 is 5.52. The molecule has 132 valence electrons. The molecular weight excluding hydrogens is 356 g/mol. The predicted octanol–water partition coefficient (Wildman–Crippen LogP) is 3.67. The van der Waals surface area contributed by atoms with E-state index >= 15 is 0 Å². The molecule has 0 N–H and O–H groups in total. The van der Waals surface area contributed by atoms with Crippen LogP contribution in [0.25, 0.3) is 0 Å². The highest BCUT2D eigenvalue weighted by molar-refractivity contribution is 8.00. The standard InChI is InChI=1S/C17H20N4O2S2/c1-12-5-7-14(8-6-12)21(10-4-9-18)16(22)13(2)25-17-20-19-15(23-17)11-24-3/h5-8,13H,4,10-11H2,1-3H3. The lowest BCUT2D eigenvalue weighted by atomic mass is 10.2. The second kappa shape index (κ2) is 9.49. The van der Waals surface area contributed by atoms with Gasteiger partial charge in [0.25, 0.3) is 5.22 Å². The molecule has 0 saturated carbocycles. The van der Waals surface area contributed by atoms with Crippen LogP contribution in [0.5, 0.6) is 0 Å². The highest BCUT2D eigenvalue weighted by Gasteiger charge is 2.24. The van der Waals surface area contributed by atoms with Crippen LogP contribution >= 0.6 is 23.5 Å². The maximum atomic E-state index is 12.9. The van der Waals surface area contributed by atoms with Crippen molar-refractivity contribution in [2.24, 2.45) is 0 Å². The monoisotopic (exact) mass is 376 g/mol. The zero-order chi connectivity index (χ0) is 18.2. The van der Waals surface area contributed by atoms with Crippen LogP contribution in [0, 0.1) is 18.3 Å². The Bertz CT molecular complexity index is 740. The van der Waals surface area contributed by atoms with Gasteiger partial charge in [-0.05, 0) is 32.2 Å². The fourth-order valence-corrected chi connectivity index (χ4v) is 3.27. The summed E-state index contributed by atoms with van der Waals surface area (Å²) in [6.07, 6.45) is 2.23. The third-order valence-corrected chi connectivity index (χ3v) is 4.86. The van der Waals surface area contributed by atoms with Crippen molar-refractivity contribution in [1.82, 2.24) is 10.2 Å². The Hall–Kier alpha value is -1.98. The summed E-state index contributed by atoms with van der Waals surface area (Å²) in [7, 11) is 0. The molecule has 0 saturated heterocycles. The molecule has 2 rings (SSSR count). The number of hydrogen-bond acceptors (Lipinski definition) is 7. The Kier molecular flexibility index (Phi) is 7.34. The van der Waals surface area contributed by atoms with E-state index in [0.717, 1.165) is 11.3 Å². The normalized spacial score (nSPS) is 11.8. The molecule has 0 radical (unpaired) electrons. The molecule has 1 aromatic heterocycles. The molecule has 1 amide bonds. The van der Waals surface area contributed by atoms with Gasteiger partial charge >= 0.3 is 0 Å². The molecule has 2 aromatic rings. The number of aromatic nitrogens is 2. The maximum Gasteiger partial charge on any atom is 0.277 e. The fourth-order valence-electron chi connectivity index (χ4n) is 2.14. The topological polar surface area (TPSA) is 83.0 Å². The summed E-state index contributed by atoms with van der Waals surface area (Å²) >= 11 is 2.83. The summed E-state index contributed by atoms with van der Waals surface area (Å²) in [6, 6.07) is 9.79. The van der Waals surface area contributed by atoms with E-state index in [2.05, 4.69) is 16.3 Å². The number of thioether (sulfide) groups is 2. The van der Waals surface area contributed by atoms with Gasteiger partial charge in [0.05, 0.1) is 23.5 Å². The number of amides is 1. The molecule has 0 aliphatic carbocycles. The van der Waals surface area contributed by atoms with Crippen molar-refractivity contribution < 1.29 is 9.21 Å². The largest absolute Gasteiger partial charge is 0.415 e. The third kappa shape index (κ3) is 5.51. The SMILES string of the molecule is CSCc1nnc(SC(C)C(=O)N(CCC#N)c2ccc(C)cc2)o1. The van der Waals surface area contributed by atoms with Gasteiger partial charge < -0.3 is 9.32 Å². The highest BCUT2D eigenvalue weighted by Crippen LogP contribution is 2.26. The third-order valence-electron chi connectivity index (χ3n) is 3.40. The van der Waals surface area contributed by atoms with E-state index in [0.29, 0.717) is 23.4 Å². The van der Waals surface area contributed by atoms with E-state index in [4.69, 9.17) is 9.68 Å². The molecule has 1 heterocycles. The van der Waals surface area contributed by atoms with Crippen molar-refractivity contribution >= 4 is 35.1 Å². The average molecular weight is 377 g/mol. The van der Waals surface area contributed by atoms with Crippen LogP contribution < -0.4 is 4.90 Å². The summed E-state index contributed by atoms with van der Waals surface area (Å²) in [6.45, 7) is 4.15. The van der Waals surface area contributed by atoms with Crippen molar-refractivity contribution in [3.63, 3.8) is 0 Å². The molecule has 0 fully saturated rings. The van der Waals surface area contributed by atoms with Crippen molar-refractivity contribution in [3.8, 4) is 6.07 Å². The Morgan fingerprint density at radius 1 is 1.36 bits per heavy atom. The van der Waals surface area contributed by atoms with Crippen molar-refractivity contribution in [3.05, 3.63) is 35.7 Å². The van der Waals surface area contributed by atoms with Gasteiger partial charge in [-0.1, -0.05) is 29.5 Å². The van der Waals surface area contributed by atoms with E-state index in [1.54, 1.807) is 23.6 Å². The quantitative estimate of drug-likeness (QED) is 0.650. The Morgan fingerprint density at radius 2 is 2.08 bits per heavy atom. The zero-order valence-corrected chi connectivity index (χ0v) is 16.1. The molecule has 0 bridgehead atoms. The molecule has 0 aliphatic rings. The molecular formula is C17H20N4O2S2. The van der Waals surface area contributed by atoms with Crippen LogP contribution in [0.4, 0.5) is 5.69 Å². The second-order valence-corrected chi connectivity index (χ2v) is 7.55. The number of aryl methyl sites for hydroxylation is 1. The van der Waals surface area contributed by atoms with Crippen LogP contribution in [0.3, 0.4) is 0 Å². The van der Waals surface area contributed by atoms with Crippen LogP contribution in [0.2, 0.25) is 0 Å². The van der Waals surface area contributed by atoms with Crippen molar-refractivity contribution in [2.75, 3.05) is 17.7 Å². The number of nitriles is 1. The number of nitrogens with zero attached hydrogens (tertiary/aromatic N) is 4. The summed E-state index contributed by atoms with van der Waals surface area (Å²) in [5.74, 6) is 1.11. The van der Waals surface area contributed by atoms with E-state index in [-0.39, 0.29) is 12.3 Å². The fraction of sp³-hybridized carbons (Fsp3) is 0.412. The van der Waals surface area contributed by atoms with Gasteiger partial charge in [-0.3, -0.25) is 4.79 Å². The number of benzene rings is 1. The van der Waals surface area contributed by atoms with Crippen LogP contribution in [-0.4, -0.2) is 34.2 Å². The predicted molar refractivity (Wildman–Crippen MR) is 101 cm³/mol. The molecule has 0 spiro atoms. The van der Waals surface area contributed by atoms with Gasteiger partial charge in [0.15, 0.2) is 0 Å². The maximum absolute atomic E-state index is 12.9. The van der Waals surface area contributed by atoms with Crippen LogP contribution in [-0.2, 0) is 10.5 Å². The lowest BCUT2D eigenvalue weighted by Gasteiger charge is -2.24. The Labute approximate surface area is 156 Å². The minimum atomic E-state index is -0.400. The van der Waals surface area contributed by atoms with Gasteiger partial charge in [0.2, 0.25) is 11.8 Å². The van der Waals surface area contributed by atoms with E-state index in [1.165, 1.54) is 11.8 Å². The van der Waals surface area contributed by atoms with Gasteiger partial charge in [0, 0.05) is 12.2 Å². The number of anilines is 1. The first-order valence-corrected chi connectivity index (χ1v) is 10.1. The van der Waals surface area contributed by atoms with E-state index in [1.807, 2.05) is 37.4 Å². The lowest BCUT2D eigenvalue weighted by molar-refractivity contribution is -0.117. The Balaban J connectivity index is 2.11. The summed E-state index contributed by atoms with van der Waals surface area (Å²) in [4.78, 5) is 14.5. The lowest BCUT2D eigenvalue weighted by Crippen LogP contribution is -2.37. The minimum absolute atomic E-state index is 0.0891. The van der Waals surface area contributed by atoms with E-state index < -0.39 is 5.25 Å². The smallest absolute Gasteiger partial charge is 0.277 e. The van der Waals surface area contributed by atoms with Crippen LogP contribution in [0.1, 0.15) is 24.8 Å². The van der Waals surface area contributed by atoms with Crippen molar-refractivity contribution in [1.29, 1.82) is 5.26 Å². The van der Waals surface area contributed by atoms with Gasteiger partial charge in [-0.2, -0.15) is 17.0 Å². The molecule has 6 nitrogen and oxygen atoms in total. The second-order valence-electron chi connectivity index (χ2n) is 5.39. The summed E-state index contributed by atoms with van der Waals surface area (Å²) in [5.41, 5.74) is 1.90. The summed E-state index contributed by atoms with van der Waals surface area (Å²) in [5, 5.41) is 16.8. The van der Waals surface area contributed by atoms with Gasteiger partial charge in [-0.15, -0.1) is 10.2 Å². The first kappa shape index (κ1) is 19.3. The van der Waals surface area contributed by atoms with E-state index in [9.17, 15) is 4.79 Å². The molecule has 1 atom stereocenters. The highest BCUT2D eigenvalue weighted by atomic mass is 32.2. The number of hydrogen-bond donors (Lipinski definition) is 0.